The summed E-state index contributed by atoms with van der Waals surface area (Å²) >= 11 is 0. The van der Waals surface area contributed by atoms with Crippen molar-refractivity contribution in [3.05, 3.63) is 53.9 Å². The summed E-state index contributed by atoms with van der Waals surface area (Å²) in [5.41, 5.74) is 1.27. The Labute approximate surface area is 192 Å². The number of aliphatic hydroxyl groups is 1. The minimum atomic E-state index is -0.605. The summed E-state index contributed by atoms with van der Waals surface area (Å²) in [6.07, 6.45) is 4.79. The molecular formula is C24H26N4O5. The molecule has 0 bridgehead atoms. The van der Waals surface area contributed by atoms with Gasteiger partial charge in [-0.3, -0.25) is 9.98 Å². The first-order valence-electron chi connectivity index (χ1n) is 10.5. The van der Waals surface area contributed by atoms with Gasteiger partial charge in [0.05, 0.1) is 13.7 Å². The SMILES string of the molecule is COc1c(OCC(=O)OC(C)(C)C)ccc2c1N=C(/C=C(\O)c1cccnc1)N1CCN=C21. The minimum Gasteiger partial charge on any atom is -0.507 e. The van der Waals surface area contributed by atoms with E-state index in [-0.39, 0.29) is 12.4 Å². The lowest BCUT2D eigenvalue weighted by Gasteiger charge is -2.27. The Morgan fingerprint density at radius 3 is 2.79 bits per heavy atom. The summed E-state index contributed by atoms with van der Waals surface area (Å²) in [5.74, 6) is 1.54. The second-order valence-corrected chi connectivity index (χ2v) is 8.47. The van der Waals surface area contributed by atoms with Crippen molar-refractivity contribution < 1.29 is 24.1 Å². The molecule has 1 aromatic carbocycles. The molecule has 0 saturated heterocycles. The van der Waals surface area contributed by atoms with Gasteiger partial charge in [0, 0.05) is 36.1 Å². The Balaban J connectivity index is 1.69. The highest BCUT2D eigenvalue weighted by Gasteiger charge is 2.32. The lowest BCUT2D eigenvalue weighted by molar-refractivity contribution is -0.157. The molecule has 0 aliphatic carbocycles. The van der Waals surface area contributed by atoms with Gasteiger partial charge in [0.1, 0.15) is 28.7 Å². The Kier molecular flexibility index (Phi) is 6.04. The lowest BCUT2D eigenvalue weighted by atomic mass is 10.1. The number of nitrogens with zero attached hydrogens (tertiary/aromatic N) is 4. The van der Waals surface area contributed by atoms with Gasteiger partial charge in [0.2, 0.25) is 0 Å². The molecule has 2 aliphatic heterocycles. The van der Waals surface area contributed by atoms with Crippen molar-refractivity contribution in [3.8, 4) is 11.5 Å². The molecule has 0 saturated carbocycles. The van der Waals surface area contributed by atoms with Gasteiger partial charge in [0.15, 0.2) is 18.1 Å². The van der Waals surface area contributed by atoms with Crippen LogP contribution in [0.25, 0.3) is 5.76 Å². The van der Waals surface area contributed by atoms with Crippen LogP contribution in [0.3, 0.4) is 0 Å². The summed E-state index contributed by atoms with van der Waals surface area (Å²) in [5, 5.41) is 10.6. The third-order valence-electron chi connectivity index (χ3n) is 4.87. The van der Waals surface area contributed by atoms with Crippen LogP contribution < -0.4 is 9.47 Å². The number of aliphatic imine (C=N–C) groups is 2. The van der Waals surface area contributed by atoms with Gasteiger partial charge < -0.3 is 24.2 Å². The van der Waals surface area contributed by atoms with E-state index in [1.165, 1.54) is 7.11 Å². The molecule has 0 fully saturated rings. The molecule has 9 nitrogen and oxygen atoms in total. The van der Waals surface area contributed by atoms with Crippen LogP contribution in [-0.2, 0) is 9.53 Å². The highest BCUT2D eigenvalue weighted by Crippen LogP contribution is 2.43. The number of carbonyl (C=O) groups excluding carboxylic acids is 1. The van der Waals surface area contributed by atoms with Crippen molar-refractivity contribution in [2.75, 3.05) is 26.8 Å². The fourth-order valence-electron chi connectivity index (χ4n) is 3.57. The van der Waals surface area contributed by atoms with Crippen molar-refractivity contribution in [2.24, 2.45) is 9.98 Å². The fourth-order valence-corrected chi connectivity index (χ4v) is 3.57. The zero-order valence-corrected chi connectivity index (χ0v) is 19.0. The highest BCUT2D eigenvalue weighted by atomic mass is 16.6. The van der Waals surface area contributed by atoms with E-state index >= 15 is 0 Å². The second kappa shape index (κ2) is 8.93. The van der Waals surface area contributed by atoms with Gasteiger partial charge in [-0.1, -0.05) is 0 Å². The molecule has 1 aromatic heterocycles. The first-order valence-corrected chi connectivity index (χ1v) is 10.5. The monoisotopic (exact) mass is 450 g/mol. The molecule has 0 amide bonds. The Hall–Kier alpha value is -3.88. The van der Waals surface area contributed by atoms with Gasteiger partial charge in [-0.25, -0.2) is 9.79 Å². The molecule has 2 aromatic rings. The normalized spacial score (nSPS) is 15.3. The topological polar surface area (TPSA) is 106 Å². The molecule has 3 heterocycles. The van der Waals surface area contributed by atoms with Crippen LogP contribution in [0.1, 0.15) is 31.9 Å². The highest BCUT2D eigenvalue weighted by molar-refractivity contribution is 6.20. The van der Waals surface area contributed by atoms with Crippen molar-refractivity contribution >= 4 is 29.1 Å². The summed E-state index contributed by atoms with van der Waals surface area (Å²) in [6, 6.07) is 7.07. The minimum absolute atomic E-state index is 0.0350. The lowest BCUT2D eigenvalue weighted by Crippen LogP contribution is -2.36. The molecule has 0 radical (unpaired) electrons. The molecule has 0 atom stereocenters. The second-order valence-electron chi connectivity index (χ2n) is 8.47. The van der Waals surface area contributed by atoms with Crippen molar-refractivity contribution in [3.63, 3.8) is 0 Å². The third-order valence-corrected chi connectivity index (χ3v) is 4.87. The maximum Gasteiger partial charge on any atom is 0.344 e. The standard InChI is InChI=1S/C24H26N4O5/c1-24(2,3)33-20(30)14-32-18-8-7-16-21(22(18)31-4)27-19(28-11-10-26-23(16)28)12-17(29)15-6-5-9-25-13-15/h5-9,12-13,29H,10-11,14H2,1-4H3/b17-12-. The quantitative estimate of drug-likeness (QED) is 0.530. The van der Waals surface area contributed by atoms with E-state index in [1.807, 2.05) is 11.0 Å². The summed E-state index contributed by atoms with van der Waals surface area (Å²) < 4.78 is 16.6. The zero-order valence-electron chi connectivity index (χ0n) is 19.0. The zero-order chi connectivity index (χ0) is 23.6. The van der Waals surface area contributed by atoms with Crippen LogP contribution in [0.2, 0.25) is 0 Å². The average molecular weight is 450 g/mol. The molecule has 0 unspecified atom stereocenters. The van der Waals surface area contributed by atoms with Gasteiger partial charge in [0.25, 0.3) is 0 Å². The van der Waals surface area contributed by atoms with Crippen LogP contribution in [0, 0.1) is 0 Å². The van der Waals surface area contributed by atoms with E-state index in [0.29, 0.717) is 41.7 Å². The predicted octanol–water partition coefficient (Wildman–Crippen LogP) is 3.52. The number of rotatable bonds is 6. The Morgan fingerprint density at radius 1 is 1.27 bits per heavy atom. The first kappa shape index (κ1) is 22.3. The van der Waals surface area contributed by atoms with Crippen LogP contribution >= 0.6 is 0 Å². The number of aliphatic hydroxyl groups excluding tert-OH is 1. The maximum absolute atomic E-state index is 12.1. The molecule has 1 N–H and O–H groups in total. The predicted molar refractivity (Wildman–Crippen MR) is 124 cm³/mol. The molecule has 2 aliphatic rings. The van der Waals surface area contributed by atoms with Crippen LogP contribution in [-0.4, -0.2) is 65.0 Å². The van der Waals surface area contributed by atoms with Crippen LogP contribution in [0.5, 0.6) is 11.5 Å². The van der Waals surface area contributed by atoms with E-state index in [2.05, 4.69) is 9.98 Å². The smallest absolute Gasteiger partial charge is 0.344 e. The summed E-state index contributed by atoms with van der Waals surface area (Å²) in [7, 11) is 1.51. The van der Waals surface area contributed by atoms with E-state index in [4.69, 9.17) is 19.2 Å². The van der Waals surface area contributed by atoms with Gasteiger partial charge in [-0.2, -0.15) is 0 Å². The van der Waals surface area contributed by atoms with E-state index in [9.17, 15) is 9.90 Å². The number of ether oxygens (including phenoxy) is 3. The molecule has 9 heteroatoms. The number of amidine groups is 2. The molecule has 0 spiro atoms. The summed E-state index contributed by atoms with van der Waals surface area (Å²) in [6.45, 7) is 6.37. The number of hydrogen-bond donors (Lipinski definition) is 1. The maximum atomic E-state index is 12.1. The third kappa shape index (κ3) is 4.82. The molecule has 4 rings (SSSR count). The van der Waals surface area contributed by atoms with E-state index in [0.717, 1.165) is 11.4 Å². The number of esters is 1. The number of methoxy groups -OCH3 is 1. The Bertz CT molecular complexity index is 1150. The number of pyridine rings is 1. The van der Waals surface area contributed by atoms with E-state index < -0.39 is 11.6 Å². The van der Waals surface area contributed by atoms with Crippen molar-refractivity contribution in [2.45, 2.75) is 26.4 Å². The largest absolute Gasteiger partial charge is 0.507 e. The number of aromatic nitrogens is 1. The van der Waals surface area contributed by atoms with E-state index in [1.54, 1.807) is 57.4 Å². The summed E-state index contributed by atoms with van der Waals surface area (Å²) in [4.78, 5) is 27.5. The van der Waals surface area contributed by atoms with Crippen LogP contribution in [0.4, 0.5) is 5.69 Å². The fraction of sp³-hybridized carbons (Fsp3) is 0.333. The van der Waals surface area contributed by atoms with Gasteiger partial charge in [-0.15, -0.1) is 0 Å². The number of fused-ring (bicyclic) bond motifs is 3. The first-order chi connectivity index (χ1) is 15.8. The van der Waals surface area contributed by atoms with Crippen LogP contribution in [0.15, 0.2) is 52.7 Å². The number of carbonyl (C=O) groups is 1. The Morgan fingerprint density at radius 2 is 2.09 bits per heavy atom. The number of hydrogen-bond acceptors (Lipinski definition) is 9. The molecule has 172 valence electrons. The van der Waals surface area contributed by atoms with Gasteiger partial charge >= 0.3 is 5.97 Å². The number of benzene rings is 1. The molecular weight excluding hydrogens is 424 g/mol. The van der Waals surface area contributed by atoms with Crippen molar-refractivity contribution in [1.82, 2.24) is 9.88 Å². The van der Waals surface area contributed by atoms with Crippen molar-refractivity contribution in [1.29, 1.82) is 0 Å². The molecule has 33 heavy (non-hydrogen) atoms. The van der Waals surface area contributed by atoms with Gasteiger partial charge in [-0.05, 0) is 45.0 Å². The average Bonchev–Trinajstić information content (AvgIpc) is 3.27.